The van der Waals surface area contributed by atoms with Gasteiger partial charge in [0.25, 0.3) is 0 Å². The van der Waals surface area contributed by atoms with E-state index < -0.39 is 0 Å². The van der Waals surface area contributed by atoms with Gasteiger partial charge in [-0.15, -0.1) is 0 Å². The molecule has 1 atom stereocenters. The third-order valence-corrected chi connectivity index (χ3v) is 2.72. The second-order valence-corrected chi connectivity index (χ2v) is 3.96. The zero-order valence-electron chi connectivity index (χ0n) is 8.79. The summed E-state index contributed by atoms with van der Waals surface area (Å²) in [4.78, 5) is 4.16. The molecule has 0 spiro atoms. The molecule has 1 aromatic rings. The Morgan fingerprint density at radius 1 is 1.57 bits per heavy atom. The number of rotatable bonds is 5. The first-order valence-electron chi connectivity index (χ1n) is 5.32. The van der Waals surface area contributed by atoms with Crippen LogP contribution in [0.1, 0.15) is 37.9 Å². The summed E-state index contributed by atoms with van der Waals surface area (Å²) in [5.74, 6) is 2.29. The first-order chi connectivity index (χ1) is 6.79. The molecule has 1 unspecified atom stereocenters. The molecule has 0 saturated heterocycles. The molecule has 4 nitrogen and oxygen atoms in total. The maximum atomic E-state index is 4.91. The molecule has 0 aromatic carbocycles. The maximum Gasteiger partial charge on any atom is 0.223 e. The molecule has 0 aliphatic heterocycles. The second kappa shape index (κ2) is 4.09. The van der Waals surface area contributed by atoms with Gasteiger partial charge in [-0.25, -0.2) is 0 Å². The van der Waals surface area contributed by atoms with Crippen LogP contribution in [0.2, 0.25) is 0 Å². The van der Waals surface area contributed by atoms with E-state index in [1.54, 1.807) is 0 Å². The van der Waals surface area contributed by atoms with E-state index in [1.165, 1.54) is 19.3 Å². The summed E-state index contributed by atoms with van der Waals surface area (Å²) in [6.45, 7) is 4.76. The molecule has 0 bridgehead atoms. The van der Waals surface area contributed by atoms with Crippen molar-refractivity contribution in [3.05, 3.63) is 11.7 Å². The van der Waals surface area contributed by atoms with Crippen molar-refractivity contribution >= 4 is 0 Å². The fraction of sp³-hybridized carbons (Fsp3) is 0.800. The van der Waals surface area contributed by atoms with Crippen LogP contribution in [0.4, 0.5) is 0 Å². The van der Waals surface area contributed by atoms with Gasteiger partial charge in [-0.3, -0.25) is 0 Å². The lowest BCUT2D eigenvalue weighted by Gasteiger charge is -2.14. The smallest absolute Gasteiger partial charge is 0.223 e. The van der Waals surface area contributed by atoms with Crippen molar-refractivity contribution in [1.82, 2.24) is 15.5 Å². The standard InChI is InChI=1S/C10H17N3O/c1-3-9(8-4-5-8)11-6-10-12-7(2)14-13-10/h8-9,11H,3-6H2,1-2H3. The molecule has 1 saturated carbocycles. The molecule has 2 rings (SSSR count). The van der Waals surface area contributed by atoms with E-state index >= 15 is 0 Å². The first kappa shape index (κ1) is 9.65. The number of hydrogen-bond donors (Lipinski definition) is 1. The molecule has 1 N–H and O–H groups in total. The average Bonchev–Trinajstić information content (AvgIpc) is 2.92. The lowest BCUT2D eigenvalue weighted by atomic mass is 10.1. The van der Waals surface area contributed by atoms with Crippen LogP contribution < -0.4 is 5.32 Å². The van der Waals surface area contributed by atoms with Crippen LogP contribution in [0.5, 0.6) is 0 Å². The largest absolute Gasteiger partial charge is 0.340 e. The van der Waals surface area contributed by atoms with E-state index in [0.29, 0.717) is 11.9 Å². The van der Waals surface area contributed by atoms with Crippen molar-refractivity contribution in [2.24, 2.45) is 5.92 Å². The zero-order valence-corrected chi connectivity index (χ0v) is 8.79. The summed E-state index contributed by atoms with van der Waals surface area (Å²) in [6.07, 6.45) is 3.93. The van der Waals surface area contributed by atoms with Gasteiger partial charge in [-0.1, -0.05) is 12.1 Å². The predicted octanol–water partition coefficient (Wildman–Crippen LogP) is 1.66. The Hall–Kier alpha value is -0.900. The Labute approximate surface area is 84.1 Å². The zero-order chi connectivity index (χ0) is 9.97. The average molecular weight is 195 g/mol. The van der Waals surface area contributed by atoms with E-state index in [9.17, 15) is 0 Å². The quantitative estimate of drug-likeness (QED) is 0.776. The van der Waals surface area contributed by atoms with Crippen molar-refractivity contribution < 1.29 is 4.52 Å². The van der Waals surface area contributed by atoms with Gasteiger partial charge >= 0.3 is 0 Å². The van der Waals surface area contributed by atoms with E-state index in [0.717, 1.165) is 18.3 Å². The lowest BCUT2D eigenvalue weighted by Crippen LogP contribution is -2.30. The lowest BCUT2D eigenvalue weighted by molar-refractivity contribution is 0.379. The van der Waals surface area contributed by atoms with Crippen molar-refractivity contribution in [2.75, 3.05) is 0 Å². The Bertz CT molecular complexity index is 293. The number of nitrogens with zero attached hydrogens (tertiary/aromatic N) is 2. The first-order valence-corrected chi connectivity index (χ1v) is 5.32. The molecule has 78 valence electrons. The molecule has 0 radical (unpaired) electrons. The third kappa shape index (κ3) is 2.32. The summed E-state index contributed by atoms with van der Waals surface area (Å²) in [5.41, 5.74) is 0. The molecule has 1 aliphatic rings. The number of hydrogen-bond acceptors (Lipinski definition) is 4. The van der Waals surface area contributed by atoms with Crippen LogP contribution in [-0.4, -0.2) is 16.2 Å². The van der Waals surface area contributed by atoms with Crippen molar-refractivity contribution in [3.8, 4) is 0 Å². The number of aryl methyl sites for hydroxylation is 1. The number of nitrogens with one attached hydrogen (secondary N) is 1. The van der Waals surface area contributed by atoms with Crippen molar-refractivity contribution in [2.45, 2.75) is 45.7 Å². The van der Waals surface area contributed by atoms with Crippen LogP contribution >= 0.6 is 0 Å². The molecular formula is C10H17N3O. The van der Waals surface area contributed by atoms with Crippen LogP contribution in [0.3, 0.4) is 0 Å². The van der Waals surface area contributed by atoms with Crippen LogP contribution in [0, 0.1) is 12.8 Å². The molecule has 0 amide bonds. The summed E-state index contributed by atoms with van der Waals surface area (Å²) in [7, 11) is 0. The third-order valence-electron chi connectivity index (χ3n) is 2.72. The Morgan fingerprint density at radius 3 is 2.86 bits per heavy atom. The highest BCUT2D eigenvalue weighted by molar-refractivity contribution is 4.89. The van der Waals surface area contributed by atoms with Crippen molar-refractivity contribution in [3.63, 3.8) is 0 Å². The minimum absolute atomic E-state index is 0.633. The Kier molecular flexibility index (Phi) is 2.82. The fourth-order valence-corrected chi connectivity index (χ4v) is 1.78. The summed E-state index contributed by atoms with van der Waals surface area (Å²) in [6, 6.07) is 0.633. The second-order valence-electron chi connectivity index (χ2n) is 3.96. The molecule has 4 heteroatoms. The minimum Gasteiger partial charge on any atom is -0.340 e. The summed E-state index contributed by atoms with van der Waals surface area (Å²) < 4.78 is 4.91. The Balaban J connectivity index is 1.80. The highest BCUT2D eigenvalue weighted by Crippen LogP contribution is 2.33. The molecule has 1 aliphatic carbocycles. The van der Waals surface area contributed by atoms with Gasteiger partial charge < -0.3 is 9.84 Å². The van der Waals surface area contributed by atoms with Crippen LogP contribution in [0.25, 0.3) is 0 Å². The summed E-state index contributed by atoms with van der Waals surface area (Å²) >= 11 is 0. The van der Waals surface area contributed by atoms with Gasteiger partial charge in [0.05, 0.1) is 6.54 Å². The van der Waals surface area contributed by atoms with Gasteiger partial charge in [-0.2, -0.15) is 4.98 Å². The molecular weight excluding hydrogens is 178 g/mol. The SMILES string of the molecule is CCC(NCc1noc(C)n1)C1CC1. The topological polar surface area (TPSA) is 51.0 Å². The Morgan fingerprint density at radius 2 is 2.36 bits per heavy atom. The van der Waals surface area contributed by atoms with E-state index in [2.05, 4.69) is 22.4 Å². The van der Waals surface area contributed by atoms with Crippen molar-refractivity contribution in [1.29, 1.82) is 0 Å². The monoisotopic (exact) mass is 195 g/mol. The molecule has 14 heavy (non-hydrogen) atoms. The minimum atomic E-state index is 0.633. The summed E-state index contributed by atoms with van der Waals surface area (Å²) in [5, 5.41) is 7.33. The highest BCUT2D eigenvalue weighted by Gasteiger charge is 2.29. The normalized spacial score (nSPS) is 18.4. The van der Waals surface area contributed by atoms with Gasteiger partial charge in [0, 0.05) is 13.0 Å². The van der Waals surface area contributed by atoms with Crippen LogP contribution in [0.15, 0.2) is 4.52 Å². The van der Waals surface area contributed by atoms with E-state index in [-0.39, 0.29) is 0 Å². The van der Waals surface area contributed by atoms with E-state index in [4.69, 9.17) is 4.52 Å². The molecule has 1 heterocycles. The maximum absolute atomic E-state index is 4.91. The van der Waals surface area contributed by atoms with Gasteiger partial charge in [0.15, 0.2) is 5.82 Å². The van der Waals surface area contributed by atoms with Gasteiger partial charge in [-0.05, 0) is 25.2 Å². The van der Waals surface area contributed by atoms with Gasteiger partial charge in [0.2, 0.25) is 5.89 Å². The molecule has 1 fully saturated rings. The highest BCUT2D eigenvalue weighted by atomic mass is 16.5. The van der Waals surface area contributed by atoms with E-state index in [1.807, 2.05) is 6.92 Å². The number of aromatic nitrogens is 2. The fourth-order valence-electron chi connectivity index (χ4n) is 1.78. The van der Waals surface area contributed by atoms with Crippen LogP contribution in [-0.2, 0) is 6.54 Å². The molecule has 1 aromatic heterocycles. The van der Waals surface area contributed by atoms with Gasteiger partial charge in [0.1, 0.15) is 0 Å². The predicted molar refractivity (Wildman–Crippen MR) is 52.7 cm³/mol.